The highest BCUT2D eigenvalue weighted by atomic mass is 16.5. The van der Waals surface area contributed by atoms with Crippen LogP contribution in [0.1, 0.15) is 23.1 Å². The second kappa shape index (κ2) is 4.71. The molecule has 100 valence electrons. The third-order valence-corrected chi connectivity index (χ3v) is 4.09. The fraction of sp³-hybridized carbons (Fsp3) is 0.222. The van der Waals surface area contributed by atoms with Crippen molar-refractivity contribution < 1.29 is 4.74 Å². The lowest BCUT2D eigenvalue weighted by Gasteiger charge is -2.08. The van der Waals surface area contributed by atoms with Gasteiger partial charge in [-0.3, -0.25) is 0 Å². The van der Waals surface area contributed by atoms with Crippen molar-refractivity contribution in [2.24, 2.45) is 0 Å². The topological polar surface area (TPSA) is 25.0 Å². The average Bonchev–Trinajstić information content (AvgIpc) is 3.12. The van der Waals surface area contributed by atoms with Crippen molar-refractivity contribution in [3.63, 3.8) is 0 Å². The van der Waals surface area contributed by atoms with Gasteiger partial charge >= 0.3 is 0 Å². The number of hydrogen-bond donors (Lipinski definition) is 1. The zero-order valence-electron chi connectivity index (χ0n) is 11.4. The smallest absolute Gasteiger partial charge is 0.120 e. The maximum absolute atomic E-state index is 5.92. The van der Waals surface area contributed by atoms with Gasteiger partial charge in [0.25, 0.3) is 0 Å². The Balaban J connectivity index is 1.52. The van der Waals surface area contributed by atoms with E-state index in [0.29, 0.717) is 6.61 Å². The third-order valence-electron chi connectivity index (χ3n) is 4.09. The first-order valence-corrected chi connectivity index (χ1v) is 7.19. The molecule has 20 heavy (non-hydrogen) atoms. The SMILES string of the molecule is c1cc2cc(OCc3ccc4c(c3)CCC4)ccc2[nH]1. The Morgan fingerprint density at radius 3 is 2.90 bits per heavy atom. The van der Waals surface area contributed by atoms with E-state index in [4.69, 9.17) is 4.74 Å². The van der Waals surface area contributed by atoms with Crippen LogP contribution in [0.4, 0.5) is 0 Å². The first kappa shape index (κ1) is 11.6. The molecule has 0 aliphatic heterocycles. The van der Waals surface area contributed by atoms with Gasteiger partial charge in [0.2, 0.25) is 0 Å². The van der Waals surface area contributed by atoms with Crippen molar-refractivity contribution in [3.8, 4) is 5.75 Å². The van der Waals surface area contributed by atoms with Crippen LogP contribution in [0, 0.1) is 0 Å². The zero-order chi connectivity index (χ0) is 13.4. The van der Waals surface area contributed by atoms with Crippen molar-refractivity contribution in [1.29, 1.82) is 0 Å². The Morgan fingerprint density at radius 1 is 0.950 bits per heavy atom. The molecule has 1 heterocycles. The first-order valence-electron chi connectivity index (χ1n) is 7.19. The number of rotatable bonds is 3. The summed E-state index contributed by atoms with van der Waals surface area (Å²) in [6.07, 6.45) is 5.71. The lowest BCUT2D eigenvalue weighted by atomic mass is 10.1. The molecular formula is C18H17NO. The van der Waals surface area contributed by atoms with Gasteiger partial charge in [-0.15, -0.1) is 0 Å². The van der Waals surface area contributed by atoms with Gasteiger partial charge in [0.15, 0.2) is 0 Å². The molecule has 4 rings (SSSR count). The van der Waals surface area contributed by atoms with Gasteiger partial charge in [-0.05, 0) is 60.2 Å². The monoisotopic (exact) mass is 263 g/mol. The standard InChI is InChI=1S/C18H17NO/c1-2-14-5-4-13(10-15(14)3-1)12-20-17-6-7-18-16(11-17)8-9-19-18/h4-11,19H,1-3,12H2. The molecule has 1 aromatic heterocycles. The number of nitrogens with one attached hydrogen (secondary N) is 1. The lowest BCUT2D eigenvalue weighted by molar-refractivity contribution is 0.306. The minimum Gasteiger partial charge on any atom is -0.489 e. The Labute approximate surface area is 118 Å². The Morgan fingerprint density at radius 2 is 1.90 bits per heavy atom. The number of aromatic nitrogens is 1. The molecule has 0 atom stereocenters. The normalized spacial score (nSPS) is 13.6. The van der Waals surface area contributed by atoms with E-state index < -0.39 is 0 Å². The van der Waals surface area contributed by atoms with Crippen LogP contribution in [0.15, 0.2) is 48.7 Å². The third kappa shape index (κ3) is 2.07. The highest BCUT2D eigenvalue weighted by Gasteiger charge is 2.10. The van der Waals surface area contributed by atoms with Gasteiger partial charge in [0, 0.05) is 17.1 Å². The Bertz CT molecular complexity index is 757. The molecule has 2 nitrogen and oxygen atoms in total. The summed E-state index contributed by atoms with van der Waals surface area (Å²) in [4.78, 5) is 3.19. The Hall–Kier alpha value is -2.22. The van der Waals surface area contributed by atoms with Gasteiger partial charge < -0.3 is 9.72 Å². The van der Waals surface area contributed by atoms with Crippen LogP contribution in [0.3, 0.4) is 0 Å². The number of aromatic amines is 1. The van der Waals surface area contributed by atoms with Gasteiger partial charge in [0.05, 0.1) is 0 Å². The summed E-state index contributed by atoms with van der Waals surface area (Å²) in [5.74, 6) is 0.928. The van der Waals surface area contributed by atoms with Crippen LogP contribution in [0.2, 0.25) is 0 Å². The van der Waals surface area contributed by atoms with E-state index in [1.165, 1.54) is 41.3 Å². The van der Waals surface area contributed by atoms with E-state index in [2.05, 4.69) is 41.4 Å². The van der Waals surface area contributed by atoms with Crippen molar-refractivity contribution in [1.82, 2.24) is 4.98 Å². The predicted molar refractivity (Wildman–Crippen MR) is 81.1 cm³/mol. The second-order valence-corrected chi connectivity index (χ2v) is 5.47. The minimum absolute atomic E-state index is 0.642. The predicted octanol–water partition coefficient (Wildman–Crippen LogP) is 4.24. The summed E-state index contributed by atoms with van der Waals surface area (Å²) < 4.78 is 5.92. The van der Waals surface area contributed by atoms with Crippen LogP contribution < -0.4 is 4.74 Å². The van der Waals surface area contributed by atoms with E-state index in [9.17, 15) is 0 Å². The average molecular weight is 263 g/mol. The second-order valence-electron chi connectivity index (χ2n) is 5.47. The molecule has 0 bridgehead atoms. The maximum Gasteiger partial charge on any atom is 0.120 e. The number of ether oxygens (including phenoxy) is 1. The van der Waals surface area contributed by atoms with Crippen molar-refractivity contribution in [2.75, 3.05) is 0 Å². The fourth-order valence-corrected chi connectivity index (χ4v) is 3.00. The number of aryl methyl sites for hydroxylation is 2. The molecule has 1 N–H and O–H groups in total. The van der Waals surface area contributed by atoms with Crippen molar-refractivity contribution in [2.45, 2.75) is 25.9 Å². The first-order chi connectivity index (χ1) is 9.88. The van der Waals surface area contributed by atoms with E-state index >= 15 is 0 Å². The molecule has 0 fully saturated rings. The largest absolute Gasteiger partial charge is 0.489 e. The summed E-state index contributed by atoms with van der Waals surface area (Å²) in [7, 11) is 0. The lowest BCUT2D eigenvalue weighted by Crippen LogP contribution is -1.96. The summed E-state index contributed by atoms with van der Waals surface area (Å²) >= 11 is 0. The van der Waals surface area contributed by atoms with E-state index in [-0.39, 0.29) is 0 Å². The highest BCUT2D eigenvalue weighted by Crippen LogP contribution is 2.24. The molecule has 0 saturated heterocycles. The number of fused-ring (bicyclic) bond motifs is 2. The summed E-state index contributed by atoms with van der Waals surface area (Å²) in [5, 5.41) is 1.19. The molecule has 0 saturated carbocycles. The quantitative estimate of drug-likeness (QED) is 0.751. The maximum atomic E-state index is 5.92. The van der Waals surface area contributed by atoms with Crippen LogP contribution in [0.25, 0.3) is 10.9 Å². The molecule has 1 aliphatic rings. The zero-order valence-corrected chi connectivity index (χ0v) is 11.4. The Kier molecular flexibility index (Phi) is 2.73. The van der Waals surface area contributed by atoms with Crippen molar-refractivity contribution in [3.05, 3.63) is 65.4 Å². The summed E-state index contributed by atoms with van der Waals surface area (Å²) in [5.41, 5.74) is 5.43. The molecule has 0 spiro atoms. The molecule has 0 unspecified atom stereocenters. The number of hydrogen-bond acceptors (Lipinski definition) is 1. The summed E-state index contributed by atoms with van der Waals surface area (Å²) in [6, 6.07) is 15.0. The highest BCUT2D eigenvalue weighted by molar-refractivity contribution is 5.80. The molecular weight excluding hydrogens is 246 g/mol. The van der Waals surface area contributed by atoms with Crippen LogP contribution >= 0.6 is 0 Å². The van der Waals surface area contributed by atoms with E-state index in [0.717, 1.165) is 11.3 Å². The molecule has 2 aromatic carbocycles. The summed E-state index contributed by atoms with van der Waals surface area (Å²) in [6.45, 7) is 0.642. The molecule has 0 amide bonds. The fourth-order valence-electron chi connectivity index (χ4n) is 3.00. The van der Waals surface area contributed by atoms with Crippen LogP contribution in [0.5, 0.6) is 5.75 Å². The molecule has 0 radical (unpaired) electrons. The molecule has 2 heteroatoms. The number of benzene rings is 2. The van der Waals surface area contributed by atoms with E-state index in [1.807, 2.05) is 12.3 Å². The molecule has 3 aromatic rings. The van der Waals surface area contributed by atoms with Gasteiger partial charge in [-0.1, -0.05) is 18.2 Å². The van der Waals surface area contributed by atoms with Crippen LogP contribution in [-0.4, -0.2) is 4.98 Å². The number of H-pyrrole nitrogens is 1. The minimum atomic E-state index is 0.642. The van der Waals surface area contributed by atoms with Gasteiger partial charge in [-0.2, -0.15) is 0 Å². The van der Waals surface area contributed by atoms with Gasteiger partial charge in [0.1, 0.15) is 12.4 Å². The van der Waals surface area contributed by atoms with Crippen molar-refractivity contribution >= 4 is 10.9 Å². The molecule has 1 aliphatic carbocycles. The van der Waals surface area contributed by atoms with E-state index in [1.54, 1.807) is 0 Å². The van der Waals surface area contributed by atoms with Crippen LogP contribution in [-0.2, 0) is 19.4 Å². The van der Waals surface area contributed by atoms with Gasteiger partial charge in [-0.25, -0.2) is 0 Å².